The highest BCUT2D eigenvalue weighted by atomic mass is 16.3. The number of hydrogen-bond donors (Lipinski definition) is 1. The van der Waals surface area contributed by atoms with Gasteiger partial charge in [-0.05, 0) is 25.8 Å². The lowest BCUT2D eigenvalue weighted by molar-refractivity contribution is 0.409. The summed E-state index contributed by atoms with van der Waals surface area (Å²) in [4.78, 5) is 11.7. The minimum absolute atomic E-state index is 0.0576. The van der Waals surface area contributed by atoms with Gasteiger partial charge in [0.25, 0.3) is 5.56 Å². The molecule has 0 aliphatic carbocycles. The van der Waals surface area contributed by atoms with Crippen molar-refractivity contribution in [3.8, 4) is 5.88 Å². The lowest BCUT2D eigenvalue weighted by atomic mass is 10.1. The van der Waals surface area contributed by atoms with Crippen molar-refractivity contribution in [3.63, 3.8) is 0 Å². The zero-order chi connectivity index (χ0) is 10.0. The Morgan fingerprint density at radius 2 is 2.08 bits per heavy atom. The van der Waals surface area contributed by atoms with Gasteiger partial charge in [0.2, 0.25) is 0 Å². The molecule has 13 heavy (non-hydrogen) atoms. The Morgan fingerprint density at radius 3 is 2.54 bits per heavy atom. The number of aromatic nitrogens is 1. The molecule has 1 rings (SSSR count). The van der Waals surface area contributed by atoms with Gasteiger partial charge >= 0.3 is 0 Å². The minimum Gasteiger partial charge on any atom is -0.494 e. The van der Waals surface area contributed by atoms with Crippen molar-refractivity contribution in [2.45, 2.75) is 33.7 Å². The summed E-state index contributed by atoms with van der Waals surface area (Å²) in [5.74, 6) is 0.0576. The standard InChI is InChI=1S/C10H15NO2/c1-4-8-7(3)6-9(12)11(5-2)10(8)13/h6,12H,4-5H2,1-3H3. The Hall–Kier alpha value is -1.25. The van der Waals surface area contributed by atoms with Crippen LogP contribution >= 0.6 is 0 Å². The first-order valence-electron chi connectivity index (χ1n) is 4.54. The molecule has 0 aliphatic rings. The largest absolute Gasteiger partial charge is 0.494 e. The molecule has 0 aliphatic heterocycles. The van der Waals surface area contributed by atoms with Gasteiger partial charge < -0.3 is 5.11 Å². The normalized spacial score (nSPS) is 10.4. The van der Waals surface area contributed by atoms with Crippen LogP contribution in [0.1, 0.15) is 25.0 Å². The van der Waals surface area contributed by atoms with Gasteiger partial charge in [-0.2, -0.15) is 0 Å². The lowest BCUT2D eigenvalue weighted by Gasteiger charge is -2.09. The molecule has 3 nitrogen and oxygen atoms in total. The third kappa shape index (κ3) is 1.59. The van der Waals surface area contributed by atoms with Crippen LogP contribution in [0.25, 0.3) is 0 Å². The van der Waals surface area contributed by atoms with E-state index in [-0.39, 0.29) is 11.4 Å². The van der Waals surface area contributed by atoms with Gasteiger partial charge in [0, 0.05) is 18.2 Å². The van der Waals surface area contributed by atoms with Crippen LogP contribution in [0.2, 0.25) is 0 Å². The predicted octanol–water partition coefficient (Wildman–Crippen LogP) is 1.44. The molecule has 0 saturated heterocycles. The second-order valence-electron chi connectivity index (χ2n) is 3.07. The fraction of sp³-hybridized carbons (Fsp3) is 0.500. The fourth-order valence-electron chi connectivity index (χ4n) is 1.53. The third-order valence-corrected chi connectivity index (χ3v) is 2.27. The van der Waals surface area contributed by atoms with Crippen LogP contribution in [-0.2, 0) is 13.0 Å². The molecule has 0 fully saturated rings. The summed E-state index contributed by atoms with van der Waals surface area (Å²) in [6.45, 7) is 6.15. The van der Waals surface area contributed by atoms with E-state index in [2.05, 4.69) is 0 Å². The maximum atomic E-state index is 11.7. The van der Waals surface area contributed by atoms with Crippen molar-refractivity contribution in [2.75, 3.05) is 0 Å². The van der Waals surface area contributed by atoms with E-state index in [0.717, 1.165) is 11.1 Å². The number of aryl methyl sites for hydroxylation is 1. The highest BCUT2D eigenvalue weighted by molar-refractivity contribution is 5.28. The van der Waals surface area contributed by atoms with E-state index < -0.39 is 0 Å². The number of aromatic hydroxyl groups is 1. The molecule has 3 heteroatoms. The SMILES string of the molecule is CCc1c(C)cc(O)n(CC)c1=O. The molecular weight excluding hydrogens is 166 g/mol. The van der Waals surface area contributed by atoms with E-state index in [4.69, 9.17) is 0 Å². The second-order valence-corrected chi connectivity index (χ2v) is 3.07. The topological polar surface area (TPSA) is 42.2 Å². The molecule has 0 bridgehead atoms. The van der Waals surface area contributed by atoms with Crippen molar-refractivity contribution < 1.29 is 5.11 Å². The van der Waals surface area contributed by atoms with E-state index in [1.54, 1.807) is 6.07 Å². The first kappa shape index (κ1) is 9.84. The highest BCUT2D eigenvalue weighted by Gasteiger charge is 2.08. The molecule has 1 N–H and O–H groups in total. The van der Waals surface area contributed by atoms with Crippen LogP contribution < -0.4 is 5.56 Å². The number of nitrogens with zero attached hydrogens (tertiary/aromatic N) is 1. The summed E-state index contributed by atoms with van der Waals surface area (Å²) in [6.07, 6.45) is 0.713. The van der Waals surface area contributed by atoms with Crippen LogP contribution in [0.5, 0.6) is 5.88 Å². The van der Waals surface area contributed by atoms with Crippen molar-refractivity contribution in [3.05, 3.63) is 27.5 Å². The van der Waals surface area contributed by atoms with Gasteiger partial charge in [-0.1, -0.05) is 6.92 Å². The molecule has 0 aromatic carbocycles. The maximum absolute atomic E-state index is 11.7. The first-order chi connectivity index (χ1) is 6.11. The molecule has 0 spiro atoms. The average molecular weight is 181 g/mol. The molecule has 72 valence electrons. The molecule has 1 aromatic heterocycles. The Balaban J connectivity index is 3.49. The Morgan fingerprint density at radius 1 is 1.46 bits per heavy atom. The van der Waals surface area contributed by atoms with Crippen molar-refractivity contribution in [1.82, 2.24) is 4.57 Å². The average Bonchev–Trinajstić information content (AvgIpc) is 2.04. The quantitative estimate of drug-likeness (QED) is 0.750. The monoisotopic (exact) mass is 181 g/mol. The zero-order valence-corrected chi connectivity index (χ0v) is 8.29. The molecular formula is C10H15NO2. The summed E-state index contributed by atoms with van der Waals surface area (Å²) in [5, 5.41) is 9.46. The molecule has 1 heterocycles. The van der Waals surface area contributed by atoms with E-state index in [0.29, 0.717) is 13.0 Å². The minimum atomic E-state index is -0.0671. The number of pyridine rings is 1. The van der Waals surface area contributed by atoms with Crippen LogP contribution in [0.4, 0.5) is 0 Å². The van der Waals surface area contributed by atoms with E-state index >= 15 is 0 Å². The summed E-state index contributed by atoms with van der Waals surface area (Å²) >= 11 is 0. The van der Waals surface area contributed by atoms with Gasteiger partial charge in [0.1, 0.15) is 0 Å². The van der Waals surface area contributed by atoms with E-state index in [1.165, 1.54) is 4.57 Å². The molecule has 0 radical (unpaired) electrons. The van der Waals surface area contributed by atoms with Crippen LogP contribution in [0, 0.1) is 6.92 Å². The Labute approximate surface area is 77.6 Å². The zero-order valence-electron chi connectivity index (χ0n) is 8.29. The van der Waals surface area contributed by atoms with E-state index in [1.807, 2.05) is 20.8 Å². The molecule has 0 unspecified atom stereocenters. The predicted molar refractivity (Wildman–Crippen MR) is 52.2 cm³/mol. The van der Waals surface area contributed by atoms with Crippen LogP contribution in [0.3, 0.4) is 0 Å². The second kappa shape index (κ2) is 3.64. The van der Waals surface area contributed by atoms with Crippen LogP contribution in [0.15, 0.2) is 10.9 Å². The van der Waals surface area contributed by atoms with Gasteiger partial charge in [-0.25, -0.2) is 0 Å². The number of hydrogen-bond acceptors (Lipinski definition) is 2. The summed E-state index contributed by atoms with van der Waals surface area (Å²) < 4.78 is 1.38. The van der Waals surface area contributed by atoms with E-state index in [9.17, 15) is 9.90 Å². The summed E-state index contributed by atoms with van der Waals surface area (Å²) in [5.41, 5.74) is 1.59. The first-order valence-corrected chi connectivity index (χ1v) is 4.54. The van der Waals surface area contributed by atoms with Gasteiger partial charge in [0.05, 0.1) is 0 Å². The number of rotatable bonds is 2. The fourth-order valence-corrected chi connectivity index (χ4v) is 1.53. The van der Waals surface area contributed by atoms with Crippen molar-refractivity contribution in [1.29, 1.82) is 0 Å². The molecule has 0 saturated carbocycles. The summed E-state index contributed by atoms with van der Waals surface area (Å²) in [6, 6.07) is 1.64. The molecule has 0 atom stereocenters. The highest BCUT2D eigenvalue weighted by Crippen LogP contribution is 2.12. The Bertz CT molecular complexity index is 335. The molecule has 0 amide bonds. The lowest BCUT2D eigenvalue weighted by Crippen LogP contribution is -2.23. The van der Waals surface area contributed by atoms with Crippen molar-refractivity contribution >= 4 is 0 Å². The molecule has 1 aromatic rings. The van der Waals surface area contributed by atoms with Gasteiger partial charge in [-0.3, -0.25) is 9.36 Å². The third-order valence-electron chi connectivity index (χ3n) is 2.27. The smallest absolute Gasteiger partial charge is 0.256 e. The maximum Gasteiger partial charge on any atom is 0.256 e. The Kier molecular flexibility index (Phi) is 2.76. The summed E-state index contributed by atoms with van der Waals surface area (Å²) in [7, 11) is 0. The van der Waals surface area contributed by atoms with Gasteiger partial charge in [-0.15, -0.1) is 0 Å². The van der Waals surface area contributed by atoms with Crippen LogP contribution in [-0.4, -0.2) is 9.67 Å². The van der Waals surface area contributed by atoms with Gasteiger partial charge in [0.15, 0.2) is 5.88 Å². The van der Waals surface area contributed by atoms with Crippen molar-refractivity contribution in [2.24, 2.45) is 0 Å².